The number of hydrogen-bond acceptors (Lipinski definition) is 3. The molecule has 2 aromatic heterocycles. The highest BCUT2D eigenvalue weighted by Crippen LogP contribution is 2.29. The molecule has 0 spiro atoms. The Hall–Kier alpha value is -4.12. The first-order valence-corrected chi connectivity index (χ1v) is 9.70. The SMILES string of the molecule is O=C(NCC#Cc1cccc(C(F)(F)F)c1)c1cnc2c(cnn2Cc2ccccc2)c1. The van der Waals surface area contributed by atoms with Crippen LogP contribution in [0.1, 0.15) is 27.0 Å². The molecule has 32 heavy (non-hydrogen) atoms. The van der Waals surface area contributed by atoms with Gasteiger partial charge in [0.1, 0.15) is 0 Å². The predicted molar refractivity (Wildman–Crippen MR) is 114 cm³/mol. The molecule has 0 bridgehead atoms. The van der Waals surface area contributed by atoms with Crippen molar-refractivity contribution in [2.24, 2.45) is 0 Å². The molecule has 0 aliphatic rings. The van der Waals surface area contributed by atoms with Crippen LogP contribution in [0.5, 0.6) is 0 Å². The number of nitrogens with zero attached hydrogens (tertiary/aromatic N) is 3. The lowest BCUT2D eigenvalue weighted by Crippen LogP contribution is -2.23. The van der Waals surface area contributed by atoms with Crippen molar-refractivity contribution >= 4 is 16.9 Å². The third-order valence-corrected chi connectivity index (χ3v) is 4.67. The summed E-state index contributed by atoms with van der Waals surface area (Å²) in [6.45, 7) is 0.550. The first kappa shape index (κ1) is 21.1. The molecule has 0 saturated heterocycles. The van der Waals surface area contributed by atoms with E-state index < -0.39 is 11.7 Å². The zero-order chi connectivity index (χ0) is 22.6. The number of halogens is 3. The number of nitrogens with one attached hydrogen (secondary N) is 1. The standard InChI is InChI=1S/C24H17F3N4O/c25-24(26,27)21-10-4-8-17(12-21)9-5-11-28-23(32)20-13-19-15-30-31(22(19)29-14-20)16-18-6-2-1-3-7-18/h1-4,6-8,10,12-15H,11,16H2,(H,28,32). The van der Waals surface area contributed by atoms with E-state index in [1.165, 1.54) is 18.3 Å². The Balaban J connectivity index is 1.40. The fraction of sp³-hybridized carbons (Fsp3) is 0.125. The Morgan fingerprint density at radius 2 is 1.84 bits per heavy atom. The van der Waals surface area contributed by atoms with Crippen LogP contribution < -0.4 is 5.32 Å². The van der Waals surface area contributed by atoms with Gasteiger partial charge in [-0.05, 0) is 29.8 Å². The lowest BCUT2D eigenvalue weighted by atomic mass is 10.1. The second-order valence-corrected chi connectivity index (χ2v) is 6.99. The van der Waals surface area contributed by atoms with Gasteiger partial charge >= 0.3 is 6.18 Å². The van der Waals surface area contributed by atoms with Crippen LogP contribution in [0, 0.1) is 11.8 Å². The molecule has 0 aliphatic heterocycles. The maximum absolute atomic E-state index is 12.8. The summed E-state index contributed by atoms with van der Waals surface area (Å²) < 4.78 is 40.0. The highest BCUT2D eigenvalue weighted by Gasteiger charge is 2.30. The number of pyridine rings is 1. The number of amides is 1. The Morgan fingerprint density at radius 3 is 2.62 bits per heavy atom. The van der Waals surface area contributed by atoms with E-state index in [0.29, 0.717) is 17.8 Å². The normalized spacial score (nSPS) is 11.1. The second kappa shape index (κ2) is 8.94. The van der Waals surface area contributed by atoms with Crippen molar-refractivity contribution in [1.82, 2.24) is 20.1 Å². The van der Waals surface area contributed by atoms with Gasteiger partial charge in [-0.25, -0.2) is 9.67 Å². The Morgan fingerprint density at radius 1 is 1.03 bits per heavy atom. The molecular weight excluding hydrogens is 417 g/mol. The van der Waals surface area contributed by atoms with Gasteiger partial charge in [0.05, 0.1) is 30.4 Å². The molecule has 160 valence electrons. The average Bonchev–Trinajstić information content (AvgIpc) is 3.19. The van der Waals surface area contributed by atoms with Crippen LogP contribution in [-0.4, -0.2) is 27.2 Å². The average molecular weight is 434 g/mol. The fourth-order valence-electron chi connectivity index (χ4n) is 3.11. The second-order valence-electron chi connectivity index (χ2n) is 6.99. The van der Waals surface area contributed by atoms with Crippen molar-refractivity contribution in [2.45, 2.75) is 12.7 Å². The fourth-order valence-corrected chi connectivity index (χ4v) is 3.11. The maximum atomic E-state index is 12.8. The first-order valence-electron chi connectivity index (χ1n) is 9.70. The van der Waals surface area contributed by atoms with Crippen LogP contribution in [0.2, 0.25) is 0 Å². The van der Waals surface area contributed by atoms with E-state index in [-0.39, 0.29) is 18.0 Å². The van der Waals surface area contributed by atoms with Crippen molar-refractivity contribution in [1.29, 1.82) is 0 Å². The molecule has 0 saturated carbocycles. The number of hydrogen-bond donors (Lipinski definition) is 1. The molecule has 8 heteroatoms. The van der Waals surface area contributed by atoms with E-state index in [9.17, 15) is 18.0 Å². The van der Waals surface area contributed by atoms with Gasteiger partial charge in [-0.3, -0.25) is 4.79 Å². The molecule has 2 aromatic carbocycles. The third kappa shape index (κ3) is 4.95. The smallest absolute Gasteiger partial charge is 0.341 e. The topological polar surface area (TPSA) is 59.8 Å². The molecule has 4 aromatic rings. The van der Waals surface area contributed by atoms with Gasteiger partial charge in [-0.1, -0.05) is 48.2 Å². The summed E-state index contributed by atoms with van der Waals surface area (Å²) in [4.78, 5) is 16.8. The molecule has 1 amide bonds. The summed E-state index contributed by atoms with van der Waals surface area (Å²) in [5, 5.41) is 7.69. The largest absolute Gasteiger partial charge is 0.416 e. The van der Waals surface area contributed by atoms with Gasteiger partial charge in [-0.15, -0.1) is 0 Å². The highest BCUT2D eigenvalue weighted by molar-refractivity contribution is 5.96. The van der Waals surface area contributed by atoms with Crippen LogP contribution in [0.15, 0.2) is 73.1 Å². The third-order valence-electron chi connectivity index (χ3n) is 4.67. The number of aromatic nitrogens is 3. The number of rotatable bonds is 4. The van der Waals surface area contributed by atoms with Gasteiger partial charge in [0.2, 0.25) is 0 Å². The molecule has 0 unspecified atom stereocenters. The van der Waals surface area contributed by atoms with E-state index in [4.69, 9.17) is 0 Å². The van der Waals surface area contributed by atoms with Gasteiger partial charge in [0.25, 0.3) is 5.91 Å². The van der Waals surface area contributed by atoms with E-state index in [0.717, 1.165) is 23.1 Å². The molecule has 0 atom stereocenters. The minimum atomic E-state index is -4.42. The van der Waals surface area contributed by atoms with Crippen molar-refractivity contribution in [2.75, 3.05) is 6.54 Å². The van der Waals surface area contributed by atoms with Crippen LogP contribution in [-0.2, 0) is 12.7 Å². The van der Waals surface area contributed by atoms with Crippen molar-refractivity contribution in [3.63, 3.8) is 0 Å². The minimum Gasteiger partial charge on any atom is -0.341 e. The summed E-state index contributed by atoms with van der Waals surface area (Å²) >= 11 is 0. The molecule has 2 heterocycles. The molecule has 5 nitrogen and oxygen atoms in total. The summed E-state index contributed by atoms with van der Waals surface area (Å²) in [5.74, 6) is 4.91. The van der Waals surface area contributed by atoms with Crippen LogP contribution >= 0.6 is 0 Å². The van der Waals surface area contributed by atoms with E-state index >= 15 is 0 Å². The number of benzene rings is 2. The molecule has 0 aliphatic carbocycles. The molecule has 1 N–H and O–H groups in total. The van der Waals surface area contributed by atoms with Gasteiger partial charge in [0.15, 0.2) is 5.65 Å². The number of carbonyl (C=O) groups is 1. The number of carbonyl (C=O) groups excluding carboxylic acids is 1. The van der Waals surface area contributed by atoms with Crippen molar-refractivity contribution < 1.29 is 18.0 Å². The lowest BCUT2D eigenvalue weighted by molar-refractivity contribution is -0.137. The molecular formula is C24H17F3N4O. The van der Waals surface area contributed by atoms with Crippen molar-refractivity contribution in [3.8, 4) is 11.8 Å². The quantitative estimate of drug-likeness (QED) is 0.488. The van der Waals surface area contributed by atoms with E-state index in [1.807, 2.05) is 30.3 Å². The minimum absolute atomic E-state index is 0.0135. The monoisotopic (exact) mass is 434 g/mol. The highest BCUT2D eigenvalue weighted by atomic mass is 19.4. The predicted octanol–water partition coefficient (Wildman–Crippen LogP) is 4.28. The zero-order valence-corrected chi connectivity index (χ0v) is 16.7. The van der Waals surface area contributed by atoms with Crippen LogP contribution in [0.3, 0.4) is 0 Å². The number of fused-ring (bicyclic) bond motifs is 1. The van der Waals surface area contributed by atoms with E-state index in [1.54, 1.807) is 16.9 Å². The first-order chi connectivity index (χ1) is 15.4. The lowest BCUT2D eigenvalue weighted by Gasteiger charge is -2.06. The summed E-state index contributed by atoms with van der Waals surface area (Å²) in [7, 11) is 0. The van der Waals surface area contributed by atoms with Gasteiger partial charge < -0.3 is 5.32 Å². The Kier molecular flexibility index (Phi) is 5.90. The van der Waals surface area contributed by atoms with Crippen LogP contribution in [0.4, 0.5) is 13.2 Å². The van der Waals surface area contributed by atoms with E-state index in [2.05, 4.69) is 27.2 Å². The summed E-state index contributed by atoms with van der Waals surface area (Å²) in [6, 6.07) is 16.3. The van der Waals surface area contributed by atoms with Gasteiger partial charge in [0, 0.05) is 17.1 Å². The Labute approximate surface area is 181 Å². The molecule has 0 radical (unpaired) electrons. The number of alkyl halides is 3. The molecule has 0 fully saturated rings. The Bertz CT molecular complexity index is 1320. The maximum Gasteiger partial charge on any atom is 0.416 e. The molecule has 4 rings (SSSR count). The summed E-state index contributed by atoms with van der Waals surface area (Å²) in [6.07, 6.45) is -1.32. The zero-order valence-electron chi connectivity index (χ0n) is 16.7. The summed E-state index contributed by atoms with van der Waals surface area (Å²) in [5.41, 5.74) is 1.55. The van der Waals surface area contributed by atoms with Crippen LogP contribution in [0.25, 0.3) is 11.0 Å². The van der Waals surface area contributed by atoms with Gasteiger partial charge in [-0.2, -0.15) is 18.3 Å². The van der Waals surface area contributed by atoms with Crippen molar-refractivity contribution in [3.05, 3.63) is 95.3 Å².